The molecule has 22 heavy (non-hydrogen) atoms. The van der Waals surface area contributed by atoms with Crippen molar-refractivity contribution in [2.45, 2.75) is 6.10 Å². The molecule has 2 aromatic carbocycles. The maximum Gasteiger partial charge on any atom is 0.337 e. The van der Waals surface area contributed by atoms with E-state index in [1.165, 1.54) is 6.07 Å². The molecule has 0 bridgehead atoms. The van der Waals surface area contributed by atoms with E-state index in [1.807, 2.05) is 30.3 Å². The van der Waals surface area contributed by atoms with Gasteiger partial charge in [0.25, 0.3) is 0 Å². The van der Waals surface area contributed by atoms with Crippen LogP contribution in [-0.4, -0.2) is 21.2 Å². The SMILES string of the molecule is O=C(O)C(O)c1ccccc1.O=c1ccc2ccccc2[nH]1. The third kappa shape index (κ3) is 4.04. The highest BCUT2D eigenvalue weighted by Gasteiger charge is 2.14. The normalized spacial score (nSPS) is 11.3. The molecule has 1 atom stereocenters. The summed E-state index contributed by atoms with van der Waals surface area (Å²) in [7, 11) is 0. The van der Waals surface area contributed by atoms with Gasteiger partial charge in [-0.2, -0.15) is 0 Å². The van der Waals surface area contributed by atoms with Crippen LogP contribution in [0.4, 0.5) is 0 Å². The monoisotopic (exact) mass is 297 g/mol. The number of aromatic nitrogens is 1. The summed E-state index contributed by atoms with van der Waals surface area (Å²) in [5.74, 6) is -1.23. The quantitative estimate of drug-likeness (QED) is 0.677. The second kappa shape index (κ2) is 7.19. The van der Waals surface area contributed by atoms with Crippen LogP contribution >= 0.6 is 0 Å². The Hall–Kier alpha value is -2.92. The average Bonchev–Trinajstić information content (AvgIpc) is 2.55. The number of carboxylic acids is 1. The molecule has 0 fully saturated rings. The van der Waals surface area contributed by atoms with Crippen LogP contribution in [0.3, 0.4) is 0 Å². The largest absolute Gasteiger partial charge is 0.479 e. The van der Waals surface area contributed by atoms with Gasteiger partial charge in [0.15, 0.2) is 6.10 Å². The van der Waals surface area contributed by atoms with Crippen molar-refractivity contribution in [3.63, 3.8) is 0 Å². The number of nitrogens with one attached hydrogen (secondary N) is 1. The molecule has 1 heterocycles. The van der Waals surface area contributed by atoms with E-state index in [1.54, 1.807) is 30.3 Å². The standard InChI is InChI=1S/C9H7NO.C8H8O3/c11-9-6-5-7-3-1-2-4-8(7)10-9;9-7(8(10)11)6-4-2-1-3-5-6/h1-6H,(H,10,11);1-5,7,9H,(H,10,11). The van der Waals surface area contributed by atoms with Gasteiger partial charge in [0.2, 0.25) is 5.56 Å². The average molecular weight is 297 g/mol. The van der Waals surface area contributed by atoms with Gasteiger partial charge in [0, 0.05) is 11.6 Å². The zero-order valence-corrected chi connectivity index (χ0v) is 11.6. The van der Waals surface area contributed by atoms with Gasteiger partial charge in [-0.1, -0.05) is 48.5 Å². The van der Waals surface area contributed by atoms with Gasteiger partial charge in [-0.15, -0.1) is 0 Å². The van der Waals surface area contributed by atoms with Gasteiger partial charge >= 0.3 is 5.97 Å². The van der Waals surface area contributed by atoms with Crippen LogP contribution in [0, 0.1) is 0 Å². The summed E-state index contributed by atoms with van der Waals surface area (Å²) in [5.41, 5.74) is 1.24. The highest BCUT2D eigenvalue weighted by molar-refractivity contribution is 5.77. The Labute approximate surface area is 126 Å². The van der Waals surface area contributed by atoms with Gasteiger partial charge < -0.3 is 15.2 Å². The predicted octanol–water partition coefficient (Wildman–Crippen LogP) is 2.33. The molecule has 0 spiro atoms. The summed E-state index contributed by atoms with van der Waals surface area (Å²) in [5, 5.41) is 18.4. The molecule has 0 aliphatic heterocycles. The number of aliphatic hydroxyl groups excluding tert-OH is 1. The molecular weight excluding hydrogens is 282 g/mol. The molecule has 112 valence electrons. The van der Waals surface area contributed by atoms with Crippen molar-refractivity contribution >= 4 is 16.9 Å². The van der Waals surface area contributed by atoms with E-state index in [0.717, 1.165) is 10.9 Å². The van der Waals surface area contributed by atoms with Crippen molar-refractivity contribution in [1.29, 1.82) is 0 Å². The summed E-state index contributed by atoms with van der Waals surface area (Å²) < 4.78 is 0. The smallest absolute Gasteiger partial charge is 0.337 e. The fourth-order valence-corrected chi connectivity index (χ4v) is 1.87. The number of aliphatic hydroxyl groups is 1. The lowest BCUT2D eigenvalue weighted by molar-refractivity contribution is -0.146. The first-order valence-corrected chi connectivity index (χ1v) is 6.62. The summed E-state index contributed by atoms with van der Waals surface area (Å²) in [6, 6.07) is 19.3. The molecular formula is C17H15NO4. The van der Waals surface area contributed by atoms with E-state index in [0.29, 0.717) is 5.56 Å². The van der Waals surface area contributed by atoms with Gasteiger partial charge in [-0.25, -0.2) is 4.79 Å². The minimum atomic E-state index is -1.41. The van der Waals surface area contributed by atoms with E-state index >= 15 is 0 Å². The first kappa shape index (κ1) is 15.5. The second-order valence-corrected chi connectivity index (χ2v) is 4.56. The highest BCUT2D eigenvalue weighted by Crippen LogP contribution is 2.11. The Kier molecular flexibility index (Phi) is 5.06. The van der Waals surface area contributed by atoms with Crippen LogP contribution in [0.1, 0.15) is 11.7 Å². The van der Waals surface area contributed by atoms with Crippen LogP contribution in [0.5, 0.6) is 0 Å². The lowest BCUT2D eigenvalue weighted by Gasteiger charge is -2.03. The van der Waals surface area contributed by atoms with Crippen LogP contribution in [0.2, 0.25) is 0 Å². The van der Waals surface area contributed by atoms with Crippen LogP contribution < -0.4 is 5.56 Å². The number of hydrogen-bond acceptors (Lipinski definition) is 3. The third-order valence-electron chi connectivity index (χ3n) is 2.98. The molecule has 0 aliphatic rings. The lowest BCUT2D eigenvalue weighted by Crippen LogP contribution is -2.09. The van der Waals surface area contributed by atoms with Crippen LogP contribution in [0.15, 0.2) is 71.5 Å². The van der Waals surface area contributed by atoms with Gasteiger partial charge in [0.05, 0.1) is 0 Å². The number of benzene rings is 2. The minimum absolute atomic E-state index is 0.0521. The van der Waals surface area contributed by atoms with Crippen molar-refractivity contribution in [3.05, 3.63) is 82.6 Å². The molecule has 5 nitrogen and oxygen atoms in total. The molecule has 1 aromatic heterocycles. The van der Waals surface area contributed by atoms with Crippen molar-refractivity contribution in [1.82, 2.24) is 4.98 Å². The van der Waals surface area contributed by atoms with E-state index in [9.17, 15) is 9.59 Å². The Morgan fingerprint density at radius 1 is 0.909 bits per heavy atom. The second-order valence-electron chi connectivity index (χ2n) is 4.56. The number of rotatable bonds is 2. The maximum absolute atomic E-state index is 10.8. The molecule has 0 saturated carbocycles. The molecule has 0 aliphatic carbocycles. The minimum Gasteiger partial charge on any atom is -0.479 e. The Bertz CT molecular complexity index is 811. The first-order chi connectivity index (χ1) is 10.6. The Balaban J connectivity index is 0.000000160. The number of aromatic amines is 1. The molecule has 0 radical (unpaired) electrons. The van der Waals surface area contributed by atoms with Crippen LogP contribution in [0.25, 0.3) is 10.9 Å². The fraction of sp³-hybridized carbons (Fsp3) is 0.0588. The summed E-state index contributed by atoms with van der Waals surface area (Å²) in [4.78, 5) is 23.8. The van der Waals surface area contributed by atoms with E-state index < -0.39 is 12.1 Å². The summed E-state index contributed by atoms with van der Waals surface area (Å²) >= 11 is 0. The zero-order chi connectivity index (χ0) is 15.9. The van der Waals surface area contributed by atoms with Crippen LogP contribution in [-0.2, 0) is 4.79 Å². The first-order valence-electron chi connectivity index (χ1n) is 6.62. The lowest BCUT2D eigenvalue weighted by atomic mass is 10.1. The van der Waals surface area contributed by atoms with E-state index in [4.69, 9.17) is 10.2 Å². The van der Waals surface area contributed by atoms with Gasteiger partial charge in [-0.05, 0) is 23.1 Å². The maximum atomic E-state index is 10.8. The number of H-pyrrole nitrogens is 1. The molecule has 1 unspecified atom stereocenters. The Morgan fingerprint density at radius 2 is 1.55 bits per heavy atom. The number of carboxylic acid groups (broad SMARTS) is 1. The topological polar surface area (TPSA) is 90.4 Å². The Morgan fingerprint density at radius 3 is 2.23 bits per heavy atom. The van der Waals surface area contributed by atoms with Crippen molar-refractivity contribution in [3.8, 4) is 0 Å². The number of para-hydroxylation sites is 1. The number of hydrogen-bond donors (Lipinski definition) is 3. The number of fused-ring (bicyclic) bond motifs is 1. The molecule has 3 N–H and O–H groups in total. The number of pyridine rings is 1. The van der Waals surface area contributed by atoms with Gasteiger partial charge in [0.1, 0.15) is 0 Å². The molecule has 0 saturated heterocycles. The summed E-state index contributed by atoms with van der Waals surface area (Å²) in [6.07, 6.45) is -1.41. The fourth-order valence-electron chi connectivity index (χ4n) is 1.87. The van der Waals surface area contributed by atoms with E-state index in [-0.39, 0.29) is 5.56 Å². The molecule has 0 amide bonds. The van der Waals surface area contributed by atoms with Gasteiger partial charge in [-0.3, -0.25) is 4.79 Å². The number of carbonyl (C=O) groups is 1. The number of aliphatic carboxylic acids is 1. The highest BCUT2D eigenvalue weighted by atomic mass is 16.4. The van der Waals surface area contributed by atoms with Crippen molar-refractivity contribution in [2.24, 2.45) is 0 Å². The van der Waals surface area contributed by atoms with Crippen molar-refractivity contribution < 1.29 is 15.0 Å². The zero-order valence-electron chi connectivity index (χ0n) is 11.6. The third-order valence-corrected chi connectivity index (χ3v) is 2.98. The predicted molar refractivity (Wildman–Crippen MR) is 83.6 cm³/mol. The van der Waals surface area contributed by atoms with Crippen molar-refractivity contribution in [2.75, 3.05) is 0 Å². The molecule has 5 heteroatoms. The molecule has 3 aromatic rings. The van der Waals surface area contributed by atoms with E-state index in [2.05, 4.69) is 4.98 Å². The summed E-state index contributed by atoms with van der Waals surface area (Å²) in [6.45, 7) is 0. The molecule has 3 rings (SSSR count).